The summed E-state index contributed by atoms with van der Waals surface area (Å²) in [7, 11) is 0. The summed E-state index contributed by atoms with van der Waals surface area (Å²) in [4.78, 5) is 25.4. The van der Waals surface area contributed by atoms with Crippen LogP contribution in [-0.4, -0.2) is 22.2 Å². The van der Waals surface area contributed by atoms with E-state index in [1.807, 2.05) is 20.8 Å². The smallest absolute Gasteiger partial charge is 0.311 e. The molecule has 2 unspecified atom stereocenters. The summed E-state index contributed by atoms with van der Waals surface area (Å²) in [6.45, 7) is 8.14. The van der Waals surface area contributed by atoms with Crippen LogP contribution in [0.15, 0.2) is 0 Å². The average Bonchev–Trinajstić information content (AvgIpc) is 3.06. The molecule has 2 N–H and O–H groups in total. The van der Waals surface area contributed by atoms with E-state index < -0.39 is 22.8 Å². The van der Waals surface area contributed by atoms with Crippen LogP contribution in [0.3, 0.4) is 0 Å². The Hall–Kier alpha value is -1.06. The third-order valence-corrected chi connectivity index (χ3v) is 6.34. The molecule has 1 aliphatic rings. The zero-order valence-corrected chi connectivity index (χ0v) is 16.6. The lowest BCUT2D eigenvalue weighted by Gasteiger charge is -2.50. The van der Waals surface area contributed by atoms with Gasteiger partial charge in [-0.1, -0.05) is 66.2 Å². The SMILES string of the molecule is CCCCC(CC(C)C)(C(=O)O)C(CCCC)(C(=O)O)C1CCCC1. The van der Waals surface area contributed by atoms with Crippen LogP contribution in [-0.2, 0) is 9.59 Å². The topological polar surface area (TPSA) is 74.6 Å². The third-order valence-electron chi connectivity index (χ3n) is 6.34. The molecule has 0 amide bonds. The molecule has 0 aromatic carbocycles. The summed E-state index contributed by atoms with van der Waals surface area (Å²) < 4.78 is 0. The van der Waals surface area contributed by atoms with Crippen LogP contribution in [0.25, 0.3) is 0 Å². The zero-order valence-electron chi connectivity index (χ0n) is 16.6. The highest BCUT2D eigenvalue weighted by Crippen LogP contribution is 2.59. The second kappa shape index (κ2) is 9.59. The van der Waals surface area contributed by atoms with E-state index in [1.54, 1.807) is 0 Å². The molecule has 2 atom stereocenters. The summed E-state index contributed by atoms with van der Waals surface area (Å²) in [5.41, 5.74) is -2.29. The molecule has 146 valence electrons. The molecule has 0 aromatic rings. The number of carbonyl (C=O) groups is 2. The van der Waals surface area contributed by atoms with Crippen molar-refractivity contribution in [2.24, 2.45) is 22.7 Å². The summed E-state index contributed by atoms with van der Waals surface area (Å²) in [6.07, 6.45) is 8.52. The molecular formula is C21H38O4. The summed E-state index contributed by atoms with van der Waals surface area (Å²) in [5, 5.41) is 20.8. The van der Waals surface area contributed by atoms with E-state index in [0.717, 1.165) is 51.4 Å². The standard InChI is InChI=1S/C21H38O4/c1-5-7-13-20(18(22)23,15-16(3)4)21(19(24)25,14-8-6-2)17-11-9-10-12-17/h16-17H,5-15H2,1-4H3,(H,22,23)(H,24,25). The molecule has 25 heavy (non-hydrogen) atoms. The number of aliphatic carboxylic acids is 2. The van der Waals surface area contributed by atoms with Gasteiger partial charge in [-0.25, -0.2) is 0 Å². The molecule has 1 aliphatic carbocycles. The van der Waals surface area contributed by atoms with Crippen LogP contribution < -0.4 is 0 Å². The molecule has 0 aliphatic heterocycles. The van der Waals surface area contributed by atoms with Crippen molar-refractivity contribution in [3.05, 3.63) is 0 Å². The Kier molecular flexibility index (Phi) is 8.43. The normalized spacial score (nSPS) is 20.4. The van der Waals surface area contributed by atoms with E-state index in [4.69, 9.17) is 0 Å². The van der Waals surface area contributed by atoms with Gasteiger partial charge in [0.2, 0.25) is 0 Å². The third kappa shape index (κ3) is 4.38. The zero-order chi connectivity index (χ0) is 19.1. The van der Waals surface area contributed by atoms with Crippen LogP contribution in [0.4, 0.5) is 0 Å². The van der Waals surface area contributed by atoms with E-state index >= 15 is 0 Å². The Morgan fingerprint density at radius 2 is 1.48 bits per heavy atom. The highest BCUT2D eigenvalue weighted by Gasteiger charge is 2.63. The highest BCUT2D eigenvalue weighted by molar-refractivity contribution is 5.87. The monoisotopic (exact) mass is 354 g/mol. The van der Waals surface area contributed by atoms with Gasteiger partial charge in [0.05, 0.1) is 10.8 Å². The largest absolute Gasteiger partial charge is 0.481 e. The van der Waals surface area contributed by atoms with Crippen molar-refractivity contribution in [1.29, 1.82) is 0 Å². The van der Waals surface area contributed by atoms with Gasteiger partial charge < -0.3 is 10.2 Å². The molecule has 1 saturated carbocycles. The van der Waals surface area contributed by atoms with Crippen LogP contribution >= 0.6 is 0 Å². The first-order valence-corrected chi connectivity index (χ1v) is 10.2. The lowest BCUT2D eigenvalue weighted by Crippen LogP contribution is -2.57. The molecule has 0 aromatic heterocycles. The van der Waals surface area contributed by atoms with Gasteiger partial charge in [0, 0.05) is 0 Å². The van der Waals surface area contributed by atoms with Crippen molar-refractivity contribution in [2.45, 2.75) is 98.3 Å². The fourth-order valence-electron chi connectivity index (χ4n) is 5.26. The van der Waals surface area contributed by atoms with Crippen molar-refractivity contribution in [3.63, 3.8) is 0 Å². The van der Waals surface area contributed by atoms with Gasteiger partial charge in [-0.15, -0.1) is 0 Å². The minimum atomic E-state index is -1.16. The van der Waals surface area contributed by atoms with Gasteiger partial charge >= 0.3 is 11.9 Å². The number of carboxylic acid groups (broad SMARTS) is 2. The minimum absolute atomic E-state index is 0.0109. The van der Waals surface area contributed by atoms with Gasteiger partial charge in [0.25, 0.3) is 0 Å². The Morgan fingerprint density at radius 3 is 1.88 bits per heavy atom. The Bertz CT molecular complexity index is 439. The van der Waals surface area contributed by atoms with Gasteiger partial charge in [-0.2, -0.15) is 0 Å². The maximum absolute atomic E-state index is 12.7. The van der Waals surface area contributed by atoms with Crippen molar-refractivity contribution in [2.75, 3.05) is 0 Å². The van der Waals surface area contributed by atoms with Crippen molar-refractivity contribution < 1.29 is 19.8 Å². The quantitative estimate of drug-likeness (QED) is 0.468. The predicted octanol–water partition coefficient (Wildman–Crippen LogP) is 5.75. The number of unbranched alkanes of at least 4 members (excludes halogenated alkanes) is 2. The van der Waals surface area contributed by atoms with E-state index in [0.29, 0.717) is 19.3 Å². The molecule has 0 radical (unpaired) electrons. The number of rotatable bonds is 12. The van der Waals surface area contributed by atoms with Crippen molar-refractivity contribution in [3.8, 4) is 0 Å². The molecular weight excluding hydrogens is 316 g/mol. The Morgan fingerprint density at radius 1 is 0.960 bits per heavy atom. The molecule has 0 heterocycles. The minimum Gasteiger partial charge on any atom is -0.481 e. The molecule has 1 rings (SSSR count). The van der Waals surface area contributed by atoms with Gasteiger partial charge in [-0.05, 0) is 43.9 Å². The molecule has 0 saturated heterocycles. The Labute approximate surface area is 153 Å². The Balaban J connectivity index is 3.57. The molecule has 1 fully saturated rings. The van der Waals surface area contributed by atoms with E-state index in [9.17, 15) is 19.8 Å². The first-order chi connectivity index (χ1) is 11.8. The fourth-order valence-corrected chi connectivity index (χ4v) is 5.26. The lowest BCUT2D eigenvalue weighted by molar-refractivity contribution is -0.186. The van der Waals surface area contributed by atoms with Crippen LogP contribution in [0, 0.1) is 22.7 Å². The van der Waals surface area contributed by atoms with Crippen LogP contribution in [0.1, 0.15) is 98.3 Å². The maximum atomic E-state index is 12.7. The van der Waals surface area contributed by atoms with Crippen LogP contribution in [0.2, 0.25) is 0 Å². The molecule has 4 heteroatoms. The van der Waals surface area contributed by atoms with Gasteiger partial charge in [0.1, 0.15) is 0 Å². The van der Waals surface area contributed by atoms with Crippen molar-refractivity contribution in [1.82, 2.24) is 0 Å². The van der Waals surface area contributed by atoms with Gasteiger partial charge in [0.15, 0.2) is 0 Å². The predicted molar refractivity (Wildman–Crippen MR) is 101 cm³/mol. The van der Waals surface area contributed by atoms with E-state index in [1.165, 1.54) is 0 Å². The van der Waals surface area contributed by atoms with E-state index in [-0.39, 0.29) is 11.8 Å². The lowest BCUT2D eigenvalue weighted by atomic mass is 9.50. The highest BCUT2D eigenvalue weighted by atomic mass is 16.4. The maximum Gasteiger partial charge on any atom is 0.311 e. The van der Waals surface area contributed by atoms with Crippen molar-refractivity contribution >= 4 is 11.9 Å². The fraction of sp³-hybridized carbons (Fsp3) is 0.905. The summed E-state index contributed by atoms with van der Waals surface area (Å²) in [6, 6.07) is 0. The second-order valence-electron chi connectivity index (χ2n) is 8.45. The average molecular weight is 355 g/mol. The first-order valence-electron chi connectivity index (χ1n) is 10.2. The van der Waals surface area contributed by atoms with Crippen LogP contribution in [0.5, 0.6) is 0 Å². The number of carboxylic acids is 2. The first kappa shape index (κ1) is 22.0. The summed E-state index contributed by atoms with van der Waals surface area (Å²) in [5.74, 6) is -1.61. The molecule has 0 spiro atoms. The molecule has 4 nitrogen and oxygen atoms in total. The number of hydrogen-bond donors (Lipinski definition) is 2. The second-order valence-corrected chi connectivity index (χ2v) is 8.45. The van der Waals surface area contributed by atoms with E-state index in [2.05, 4.69) is 6.92 Å². The van der Waals surface area contributed by atoms with Gasteiger partial charge in [-0.3, -0.25) is 9.59 Å². The summed E-state index contributed by atoms with van der Waals surface area (Å²) >= 11 is 0. The number of hydrogen-bond acceptors (Lipinski definition) is 2. The molecule has 0 bridgehead atoms.